The van der Waals surface area contributed by atoms with E-state index in [9.17, 15) is 13.2 Å². The van der Waals surface area contributed by atoms with Crippen molar-refractivity contribution in [2.24, 2.45) is 0 Å². The number of rotatable bonds is 6. The molecule has 3 rings (SSSR count). The molecule has 3 aromatic rings. The fraction of sp³-hybridized carbons (Fsp3) is 0.105. The molecule has 0 saturated heterocycles. The van der Waals surface area contributed by atoms with Gasteiger partial charge in [0.25, 0.3) is 5.91 Å². The van der Waals surface area contributed by atoms with Gasteiger partial charge in [-0.3, -0.25) is 4.79 Å². The van der Waals surface area contributed by atoms with Gasteiger partial charge >= 0.3 is 0 Å². The van der Waals surface area contributed by atoms with Gasteiger partial charge in [0.15, 0.2) is 0 Å². The number of carbonyl (C=O) groups excluding carboxylic acids is 1. The van der Waals surface area contributed by atoms with Gasteiger partial charge in [0.05, 0.1) is 4.90 Å². The lowest BCUT2D eigenvalue weighted by atomic mass is 10.0. The molecule has 3 aromatic carbocycles. The van der Waals surface area contributed by atoms with Crippen LogP contribution in [-0.2, 0) is 10.0 Å². The van der Waals surface area contributed by atoms with Crippen molar-refractivity contribution in [1.82, 2.24) is 10.0 Å². The molecule has 7 heteroatoms. The van der Waals surface area contributed by atoms with Gasteiger partial charge in [0.1, 0.15) is 0 Å². The van der Waals surface area contributed by atoms with E-state index in [1.54, 1.807) is 18.2 Å². The van der Waals surface area contributed by atoms with E-state index >= 15 is 0 Å². The van der Waals surface area contributed by atoms with Crippen molar-refractivity contribution >= 4 is 38.3 Å². The molecule has 0 aliphatic heterocycles. The summed E-state index contributed by atoms with van der Waals surface area (Å²) >= 11 is 5.82. The molecule has 134 valence electrons. The van der Waals surface area contributed by atoms with E-state index in [-0.39, 0.29) is 23.9 Å². The van der Waals surface area contributed by atoms with E-state index in [1.165, 1.54) is 12.1 Å². The third-order valence-corrected chi connectivity index (χ3v) is 5.54. The van der Waals surface area contributed by atoms with Gasteiger partial charge in [0, 0.05) is 23.7 Å². The van der Waals surface area contributed by atoms with Crippen LogP contribution in [0.4, 0.5) is 0 Å². The van der Waals surface area contributed by atoms with Gasteiger partial charge in [-0.15, -0.1) is 0 Å². The Hall–Kier alpha value is -2.41. The summed E-state index contributed by atoms with van der Waals surface area (Å²) in [4.78, 5) is 12.5. The molecule has 0 unspecified atom stereocenters. The molecule has 0 aliphatic rings. The highest BCUT2D eigenvalue weighted by Crippen LogP contribution is 2.18. The second-order valence-electron chi connectivity index (χ2n) is 5.64. The van der Waals surface area contributed by atoms with Crippen LogP contribution < -0.4 is 10.0 Å². The number of nitrogens with one attached hydrogen (secondary N) is 2. The summed E-state index contributed by atoms with van der Waals surface area (Å²) in [5, 5.41) is 4.91. The average Bonchev–Trinajstić information content (AvgIpc) is 2.64. The lowest BCUT2D eigenvalue weighted by Crippen LogP contribution is -2.34. The maximum atomic E-state index is 12.4. The van der Waals surface area contributed by atoms with Crippen LogP contribution >= 0.6 is 11.6 Å². The van der Waals surface area contributed by atoms with Crippen LogP contribution in [0.25, 0.3) is 10.8 Å². The van der Waals surface area contributed by atoms with Crippen molar-refractivity contribution in [3.05, 3.63) is 77.3 Å². The fourth-order valence-corrected chi connectivity index (χ4v) is 3.93. The monoisotopic (exact) mass is 388 g/mol. The molecule has 0 aliphatic carbocycles. The number of benzene rings is 3. The minimum absolute atomic E-state index is 0.0748. The summed E-state index contributed by atoms with van der Waals surface area (Å²) in [6.45, 7) is 0.243. The Morgan fingerprint density at radius 2 is 1.65 bits per heavy atom. The second kappa shape index (κ2) is 7.86. The molecule has 0 saturated carbocycles. The molecule has 0 spiro atoms. The Balaban J connectivity index is 1.60. The van der Waals surface area contributed by atoms with Crippen molar-refractivity contribution in [3.8, 4) is 0 Å². The van der Waals surface area contributed by atoms with E-state index in [1.807, 2.05) is 36.4 Å². The van der Waals surface area contributed by atoms with Gasteiger partial charge in [-0.2, -0.15) is 0 Å². The third-order valence-electron chi connectivity index (χ3n) is 3.84. The molecule has 1 amide bonds. The quantitative estimate of drug-likeness (QED) is 0.637. The van der Waals surface area contributed by atoms with Crippen molar-refractivity contribution in [1.29, 1.82) is 0 Å². The summed E-state index contributed by atoms with van der Waals surface area (Å²) in [5.74, 6) is -0.247. The van der Waals surface area contributed by atoms with Crippen LogP contribution in [0.15, 0.2) is 71.6 Å². The highest BCUT2D eigenvalue weighted by Gasteiger charge is 2.14. The molecule has 0 aromatic heterocycles. The first kappa shape index (κ1) is 18.4. The van der Waals surface area contributed by atoms with Gasteiger partial charge in [-0.25, -0.2) is 13.1 Å². The van der Waals surface area contributed by atoms with Crippen LogP contribution in [0.2, 0.25) is 5.02 Å². The first-order chi connectivity index (χ1) is 12.5. The van der Waals surface area contributed by atoms with Gasteiger partial charge in [-0.1, -0.05) is 54.1 Å². The van der Waals surface area contributed by atoms with Crippen molar-refractivity contribution in [3.63, 3.8) is 0 Å². The number of sulfonamides is 1. The van der Waals surface area contributed by atoms with E-state index in [4.69, 9.17) is 11.6 Å². The standard InChI is InChI=1S/C19H17ClN2O3S/c20-15-7-4-8-16(13-15)26(24,25)22-12-11-21-19(23)18-10-3-6-14-5-1-2-9-17(14)18/h1-10,13,22H,11-12H2,(H,21,23). The van der Waals surface area contributed by atoms with Gasteiger partial charge in [-0.05, 0) is 35.0 Å². The van der Waals surface area contributed by atoms with Crippen LogP contribution in [0, 0.1) is 0 Å². The Bertz CT molecular complexity index is 1050. The minimum Gasteiger partial charge on any atom is -0.351 e. The summed E-state index contributed by atoms with van der Waals surface area (Å²) in [6.07, 6.45) is 0. The van der Waals surface area contributed by atoms with Crippen LogP contribution in [0.1, 0.15) is 10.4 Å². The molecule has 0 radical (unpaired) electrons. The highest BCUT2D eigenvalue weighted by molar-refractivity contribution is 7.89. The zero-order valence-corrected chi connectivity index (χ0v) is 15.3. The van der Waals surface area contributed by atoms with Crippen molar-refractivity contribution in [2.45, 2.75) is 4.90 Å². The Morgan fingerprint density at radius 1 is 0.923 bits per heavy atom. The molecule has 0 atom stereocenters. The van der Waals surface area contributed by atoms with E-state index in [2.05, 4.69) is 10.0 Å². The molecule has 0 fully saturated rings. The first-order valence-corrected chi connectivity index (χ1v) is 9.85. The van der Waals surface area contributed by atoms with Crippen LogP contribution in [-0.4, -0.2) is 27.4 Å². The summed E-state index contributed by atoms with van der Waals surface area (Å²) in [5.41, 5.74) is 0.556. The maximum Gasteiger partial charge on any atom is 0.251 e. The van der Waals surface area contributed by atoms with Crippen LogP contribution in [0.5, 0.6) is 0 Å². The number of halogens is 1. The van der Waals surface area contributed by atoms with Gasteiger partial charge < -0.3 is 5.32 Å². The zero-order valence-electron chi connectivity index (χ0n) is 13.8. The minimum atomic E-state index is -3.67. The SMILES string of the molecule is O=C(NCCNS(=O)(=O)c1cccc(Cl)c1)c1cccc2ccccc12. The normalized spacial score (nSPS) is 11.4. The van der Waals surface area contributed by atoms with E-state index in [0.717, 1.165) is 10.8 Å². The van der Waals surface area contributed by atoms with Gasteiger partial charge in [0.2, 0.25) is 10.0 Å². The Morgan fingerprint density at radius 3 is 2.46 bits per heavy atom. The Labute approximate surface area is 157 Å². The molecule has 0 bridgehead atoms. The fourth-order valence-electron chi connectivity index (χ4n) is 2.60. The maximum absolute atomic E-state index is 12.4. The van der Waals surface area contributed by atoms with Crippen molar-refractivity contribution < 1.29 is 13.2 Å². The number of hydrogen-bond donors (Lipinski definition) is 2. The lowest BCUT2D eigenvalue weighted by molar-refractivity contribution is 0.0956. The predicted molar refractivity (Wildman–Crippen MR) is 103 cm³/mol. The average molecular weight is 389 g/mol. The summed E-state index contributed by atoms with van der Waals surface area (Å²) in [6, 6.07) is 19.1. The molecular formula is C19H17ClN2O3S. The highest BCUT2D eigenvalue weighted by atomic mass is 35.5. The third kappa shape index (κ3) is 4.22. The number of fused-ring (bicyclic) bond motifs is 1. The second-order valence-corrected chi connectivity index (χ2v) is 7.84. The van der Waals surface area contributed by atoms with Crippen molar-refractivity contribution in [2.75, 3.05) is 13.1 Å². The first-order valence-electron chi connectivity index (χ1n) is 7.98. The molecule has 0 heterocycles. The zero-order chi connectivity index (χ0) is 18.6. The largest absolute Gasteiger partial charge is 0.351 e. The number of carbonyl (C=O) groups is 1. The van der Waals surface area contributed by atoms with Crippen LogP contribution in [0.3, 0.4) is 0 Å². The number of amides is 1. The summed E-state index contributed by atoms with van der Waals surface area (Å²) in [7, 11) is -3.67. The molecule has 5 nitrogen and oxygen atoms in total. The molecule has 2 N–H and O–H groups in total. The van der Waals surface area contributed by atoms with E-state index < -0.39 is 10.0 Å². The smallest absolute Gasteiger partial charge is 0.251 e. The summed E-state index contributed by atoms with van der Waals surface area (Å²) < 4.78 is 26.8. The number of hydrogen-bond acceptors (Lipinski definition) is 3. The molecule has 26 heavy (non-hydrogen) atoms. The topological polar surface area (TPSA) is 75.3 Å². The molecular weight excluding hydrogens is 372 g/mol. The predicted octanol–water partition coefficient (Wildman–Crippen LogP) is 3.20. The van der Waals surface area contributed by atoms with E-state index in [0.29, 0.717) is 10.6 Å². The Kier molecular flexibility index (Phi) is 5.56. The lowest BCUT2D eigenvalue weighted by Gasteiger charge is -2.10.